The largest absolute Gasteiger partial charge is 0.372 e. The fraction of sp³-hybridized carbons (Fsp3) is 0.440. The number of carbonyl (C=O) groups excluding carboxylic acids is 2. The zero-order chi connectivity index (χ0) is 23.8. The second-order valence-corrected chi connectivity index (χ2v) is 10.3. The standard InChI is InChI=1S/C25H33N3O4S/c1-3-27(23-10-5-4-6-11-23)16-8-15-26-25(30)21-13-17-28(18-14-21)33(31,32)24-12-7-9-22(19-24)20(2)29/h4-7,9-12,19,21H,3,8,13-18H2,1-2H3,(H,26,30). The van der Waals surface area contributed by atoms with E-state index in [1.54, 1.807) is 12.1 Å². The Morgan fingerprint density at radius 3 is 2.39 bits per heavy atom. The Bertz CT molecular complexity index is 1050. The van der Waals surface area contributed by atoms with Crippen LogP contribution in [0.25, 0.3) is 0 Å². The van der Waals surface area contributed by atoms with E-state index in [1.165, 1.54) is 29.0 Å². The minimum absolute atomic E-state index is 0.00613. The lowest BCUT2D eigenvalue weighted by molar-refractivity contribution is -0.126. The third kappa shape index (κ3) is 6.42. The number of Topliss-reactive ketones (excluding diaryl/α,β-unsaturated/α-hetero) is 1. The molecule has 1 fully saturated rings. The third-order valence-electron chi connectivity index (χ3n) is 6.11. The minimum Gasteiger partial charge on any atom is -0.372 e. The summed E-state index contributed by atoms with van der Waals surface area (Å²) in [6, 6.07) is 16.3. The highest BCUT2D eigenvalue weighted by molar-refractivity contribution is 7.89. The van der Waals surface area contributed by atoms with E-state index in [0.717, 1.165) is 19.5 Å². The molecule has 3 rings (SSSR count). The second kappa shape index (κ2) is 11.4. The topological polar surface area (TPSA) is 86.8 Å². The Labute approximate surface area is 196 Å². The van der Waals surface area contributed by atoms with Gasteiger partial charge in [-0.15, -0.1) is 0 Å². The van der Waals surface area contributed by atoms with Crippen LogP contribution >= 0.6 is 0 Å². The average molecular weight is 472 g/mol. The van der Waals surface area contributed by atoms with Gasteiger partial charge in [0, 0.05) is 49.9 Å². The summed E-state index contributed by atoms with van der Waals surface area (Å²) < 4.78 is 27.3. The zero-order valence-electron chi connectivity index (χ0n) is 19.4. The zero-order valence-corrected chi connectivity index (χ0v) is 20.2. The van der Waals surface area contributed by atoms with Crippen molar-refractivity contribution in [1.29, 1.82) is 0 Å². The molecule has 0 radical (unpaired) electrons. The number of sulfonamides is 1. The number of hydrogen-bond donors (Lipinski definition) is 1. The van der Waals surface area contributed by atoms with Crippen molar-refractivity contribution in [1.82, 2.24) is 9.62 Å². The van der Waals surface area contributed by atoms with Crippen molar-refractivity contribution < 1.29 is 18.0 Å². The van der Waals surface area contributed by atoms with Crippen LogP contribution in [-0.4, -0.2) is 57.1 Å². The van der Waals surface area contributed by atoms with Gasteiger partial charge in [0.1, 0.15) is 0 Å². The Hall–Kier alpha value is -2.71. The van der Waals surface area contributed by atoms with Crippen LogP contribution in [0.15, 0.2) is 59.5 Å². The summed E-state index contributed by atoms with van der Waals surface area (Å²) in [7, 11) is -3.68. The fourth-order valence-corrected chi connectivity index (χ4v) is 5.63. The molecule has 1 saturated heterocycles. The Balaban J connectivity index is 1.46. The van der Waals surface area contributed by atoms with Crippen molar-refractivity contribution in [2.75, 3.05) is 37.6 Å². The number of amides is 1. The van der Waals surface area contributed by atoms with Crippen molar-refractivity contribution in [2.24, 2.45) is 5.92 Å². The number of ketones is 1. The number of carbonyl (C=O) groups is 2. The highest BCUT2D eigenvalue weighted by atomic mass is 32.2. The number of rotatable bonds is 10. The lowest BCUT2D eigenvalue weighted by Gasteiger charge is -2.30. The number of benzene rings is 2. The monoisotopic (exact) mass is 471 g/mol. The predicted octanol–water partition coefficient (Wildman–Crippen LogP) is 3.32. The van der Waals surface area contributed by atoms with Crippen LogP contribution in [0.2, 0.25) is 0 Å². The van der Waals surface area contributed by atoms with E-state index >= 15 is 0 Å². The van der Waals surface area contributed by atoms with Gasteiger partial charge in [0.15, 0.2) is 5.78 Å². The van der Waals surface area contributed by atoms with E-state index in [2.05, 4.69) is 29.3 Å². The molecule has 7 nitrogen and oxygen atoms in total. The van der Waals surface area contributed by atoms with Crippen LogP contribution < -0.4 is 10.2 Å². The van der Waals surface area contributed by atoms with E-state index in [0.29, 0.717) is 38.0 Å². The summed E-state index contributed by atoms with van der Waals surface area (Å²) in [5.74, 6) is -0.363. The molecular formula is C25H33N3O4S. The highest BCUT2D eigenvalue weighted by Crippen LogP contribution is 2.24. The quantitative estimate of drug-likeness (QED) is 0.424. The molecular weight excluding hydrogens is 438 g/mol. The number of piperidine rings is 1. The first-order valence-electron chi connectivity index (χ1n) is 11.5. The van der Waals surface area contributed by atoms with Gasteiger partial charge in [-0.05, 0) is 57.4 Å². The summed E-state index contributed by atoms with van der Waals surface area (Å²) in [6.07, 6.45) is 1.82. The molecule has 178 valence electrons. The third-order valence-corrected chi connectivity index (χ3v) is 8.00. The van der Waals surface area contributed by atoms with Gasteiger partial charge < -0.3 is 10.2 Å². The van der Waals surface area contributed by atoms with Gasteiger partial charge in [-0.2, -0.15) is 4.31 Å². The van der Waals surface area contributed by atoms with Crippen LogP contribution in [0.4, 0.5) is 5.69 Å². The van der Waals surface area contributed by atoms with E-state index < -0.39 is 10.0 Å². The predicted molar refractivity (Wildman–Crippen MR) is 130 cm³/mol. The molecule has 0 aromatic heterocycles. The summed E-state index contributed by atoms with van der Waals surface area (Å²) in [4.78, 5) is 26.6. The van der Waals surface area contributed by atoms with Crippen LogP contribution in [0.5, 0.6) is 0 Å². The van der Waals surface area contributed by atoms with E-state index in [1.807, 2.05) is 18.2 Å². The SMILES string of the molecule is CCN(CCCNC(=O)C1CCN(S(=O)(=O)c2cccc(C(C)=O)c2)CC1)c1ccccc1. The summed E-state index contributed by atoms with van der Waals surface area (Å²) in [6.45, 7) is 6.47. The molecule has 1 aliphatic heterocycles. The van der Waals surface area contributed by atoms with E-state index in [-0.39, 0.29) is 22.5 Å². The Morgan fingerprint density at radius 2 is 1.76 bits per heavy atom. The summed E-state index contributed by atoms with van der Waals surface area (Å²) in [5, 5.41) is 3.02. The molecule has 1 heterocycles. The number of anilines is 1. The first kappa shape index (κ1) is 24.9. The molecule has 2 aromatic rings. The normalized spacial score (nSPS) is 15.2. The van der Waals surface area contributed by atoms with Gasteiger partial charge in [-0.1, -0.05) is 30.3 Å². The molecule has 0 bridgehead atoms. The van der Waals surface area contributed by atoms with Crippen LogP contribution in [0.1, 0.15) is 43.5 Å². The van der Waals surface area contributed by atoms with Gasteiger partial charge in [0.05, 0.1) is 4.90 Å². The van der Waals surface area contributed by atoms with Crippen molar-refractivity contribution in [3.8, 4) is 0 Å². The lowest BCUT2D eigenvalue weighted by Crippen LogP contribution is -2.43. The maximum Gasteiger partial charge on any atom is 0.243 e. The average Bonchev–Trinajstić information content (AvgIpc) is 2.84. The molecule has 0 unspecified atom stereocenters. The highest BCUT2D eigenvalue weighted by Gasteiger charge is 2.32. The molecule has 0 spiro atoms. The van der Waals surface area contributed by atoms with Gasteiger partial charge in [-0.25, -0.2) is 8.42 Å². The van der Waals surface area contributed by atoms with E-state index in [4.69, 9.17) is 0 Å². The van der Waals surface area contributed by atoms with Crippen LogP contribution in [-0.2, 0) is 14.8 Å². The first-order chi connectivity index (χ1) is 15.8. The smallest absolute Gasteiger partial charge is 0.243 e. The van der Waals surface area contributed by atoms with Crippen LogP contribution in [0.3, 0.4) is 0 Å². The molecule has 1 amide bonds. The maximum absolute atomic E-state index is 13.0. The lowest BCUT2D eigenvalue weighted by atomic mass is 9.97. The number of nitrogens with zero attached hydrogens (tertiary/aromatic N) is 2. The molecule has 1 aliphatic rings. The van der Waals surface area contributed by atoms with Gasteiger partial charge in [-0.3, -0.25) is 9.59 Å². The fourth-order valence-electron chi connectivity index (χ4n) is 4.12. The summed E-state index contributed by atoms with van der Waals surface area (Å²) in [5.41, 5.74) is 1.55. The van der Waals surface area contributed by atoms with E-state index in [9.17, 15) is 18.0 Å². The Kier molecular flexibility index (Phi) is 8.63. The molecule has 1 N–H and O–H groups in total. The molecule has 0 saturated carbocycles. The number of para-hydroxylation sites is 1. The number of nitrogens with one attached hydrogen (secondary N) is 1. The maximum atomic E-state index is 13.0. The molecule has 2 aromatic carbocycles. The summed E-state index contributed by atoms with van der Waals surface area (Å²) >= 11 is 0. The van der Waals surface area contributed by atoms with Crippen LogP contribution in [0, 0.1) is 5.92 Å². The van der Waals surface area contributed by atoms with Gasteiger partial charge >= 0.3 is 0 Å². The first-order valence-corrected chi connectivity index (χ1v) is 13.0. The minimum atomic E-state index is -3.68. The molecule has 8 heteroatoms. The van der Waals surface area contributed by atoms with Gasteiger partial charge in [0.25, 0.3) is 0 Å². The molecule has 0 atom stereocenters. The second-order valence-electron chi connectivity index (χ2n) is 8.32. The van der Waals surface area contributed by atoms with Crippen molar-refractivity contribution in [2.45, 2.75) is 38.0 Å². The Morgan fingerprint density at radius 1 is 1.06 bits per heavy atom. The van der Waals surface area contributed by atoms with Crippen molar-refractivity contribution in [3.05, 3.63) is 60.2 Å². The molecule has 0 aliphatic carbocycles. The molecule has 33 heavy (non-hydrogen) atoms. The van der Waals surface area contributed by atoms with Crippen molar-refractivity contribution in [3.63, 3.8) is 0 Å². The van der Waals surface area contributed by atoms with Gasteiger partial charge in [0.2, 0.25) is 15.9 Å². The van der Waals surface area contributed by atoms with Crippen molar-refractivity contribution >= 4 is 27.4 Å². The number of hydrogen-bond acceptors (Lipinski definition) is 5.